The Balaban J connectivity index is 1.56. The molecule has 6 rings (SSSR count). The topological polar surface area (TPSA) is 104 Å². The van der Waals surface area contributed by atoms with Crippen LogP contribution >= 0.6 is 11.6 Å². The van der Waals surface area contributed by atoms with Crippen molar-refractivity contribution in [3.63, 3.8) is 0 Å². The number of para-hydroxylation sites is 1. The average molecular weight is 491 g/mol. The number of carbonyl (C=O) groups is 4. The van der Waals surface area contributed by atoms with Crippen molar-refractivity contribution in [1.82, 2.24) is 5.32 Å². The number of fused-ring (bicyclic) bond motifs is 4. The van der Waals surface area contributed by atoms with Crippen LogP contribution in [0.5, 0.6) is 5.75 Å². The Bertz CT molecular complexity index is 1340. The van der Waals surface area contributed by atoms with E-state index in [2.05, 4.69) is 5.32 Å². The fraction of sp³-hybridized carbons (Fsp3) is 0.333. The zero-order valence-electron chi connectivity index (χ0n) is 18.9. The average Bonchev–Trinajstić information content (AvgIpc) is 3.23. The van der Waals surface area contributed by atoms with Crippen LogP contribution in [0.25, 0.3) is 0 Å². The third kappa shape index (κ3) is 2.91. The quantitative estimate of drug-likeness (QED) is 0.495. The molecule has 7 nitrogen and oxygen atoms in total. The van der Waals surface area contributed by atoms with Crippen molar-refractivity contribution in [3.05, 3.63) is 70.8 Å². The van der Waals surface area contributed by atoms with Gasteiger partial charge in [-0.3, -0.25) is 24.5 Å². The molecule has 2 aliphatic carbocycles. The molecule has 0 radical (unpaired) electrons. The molecule has 2 aromatic carbocycles. The first-order chi connectivity index (χ1) is 16.7. The number of imide groups is 2. The van der Waals surface area contributed by atoms with Crippen LogP contribution in [0.2, 0.25) is 5.02 Å². The highest BCUT2D eigenvalue weighted by Crippen LogP contribution is 2.63. The second kappa shape index (κ2) is 7.52. The summed E-state index contributed by atoms with van der Waals surface area (Å²) in [6, 6.07) is 13.4. The predicted molar refractivity (Wildman–Crippen MR) is 127 cm³/mol. The standard InChI is InChI=1S/C27H23ClN2O5/c1-27-19(25(34)30(26(27)35)13-5-3-2-4-6-13)12-18-15(9-10-17-21(18)24(33)29-23(17)32)22(27)16-8-7-14(31)11-20(16)28/h2-9,11,17-19,21-22,31H,10,12H2,1H3,(H,29,32,33). The van der Waals surface area contributed by atoms with Crippen molar-refractivity contribution >= 4 is 40.9 Å². The van der Waals surface area contributed by atoms with E-state index in [0.717, 1.165) is 5.57 Å². The van der Waals surface area contributed by atoms with Crippen LogP contribution < -0.4 is 10.2 Å². The second-order valence-electron chi connectivity index (χ2n) is 10.1. The first kappa shape index (κ1) is 22.0. The molecule has 2 aromatic rings. The van der Waals surface area contributed by atoms with E-state index >= 15 is 0 Å². The molecule has 0 spiro atoms. The molecule has 6 unspecified atom stereocenters. The minimum absolute atomic E-state index is 0.00833. The minimum atomic E-state index is -1.15. The maximum Gasteiger partial charge on any atom is 0.241 e. The number of allylic oxidation sites excluding steroid dienone is 2. The van der Waals surface area contributed by atoms with Gasteiger partial charge in [0.2, 0.25) is 23.6 Å². The molecule has 8 heteroatoms. The molecule has 4 amide bonds. The summed E-state index contributed by atoms with van der Waals surface area (Å²) in [7, 11) is 0. The first-order valence-corrected chi connectivity index (χ1v) is 12.1. The molecule has 2 aliphatic heterocycles. The fourth-order valence-electron chi connectivity index (χ4n) is 6.84. The normalized spacial score (nSPS) is 33.7. The van der Waals surface area contributed by atoms with Crippen molar-refractivity contribution in [2.75, 3.05) is 4.90 Å². The number of aromatic hydroxyl groups is 1. The van der Waals surface area contributed by atoms with Crippen molar-refractivity contribution in [1.29, 1.82) is 0 Å². The number of nitrogens with one attached hydrogen (secondary N) is 1. The van der Waals surface area contributed by atoms with E-state index in [0.29, 0.717) is 24.1 Å². The van der Waals surface area contributed by atoms with Gasteiger partial charge < -0.3 is 5.11 Å². The van der Waals surface area contributed by atoms with E-state index in [9.17, 15) is 24.3 Å². The van der Waals surface area contributed by atoms with Gasteiger partial charge in [-0.25, -0.2) is 4.90 Å². The number of amides is 4. The summed E-state index contributed by atoms with van der Waals surface area (Å²) in [5.74, 6) is -3.98. The third-order valence-electron chi connectivity index (χ3n) is 8.43. The maximum absolute atomic E-state index is 14.1. The zero-order valence-corrected chi connectivity index (χ0v) is 19.7. The molecular weight excluding hydrogens is 468 g/mol. The SMILES string of the molecule is CC12C(=O)N(c3ccccc3)C(=O)C1CC1C(=CCC3C(=O)NC(=O)C31)C2c1ccc(O)cc1Cl. The number of carbonyl (C=O) groups excluding carboxylic acids is 4. The van der Waals surface area contributed by atoms with Gasteiger partial charge in [-0.1, -0.05) is 47.5 Å². The Morgan fingerprint density at radius 2 is 1.77 bits per heavy atom. The Hall–Kier alpha value is -3.45. The van der Waals surface area contributed by atoms with E-state index in [1.807, 2.05) is 12.1 Å². The van der Waals surface area contributed by atoms with Gasteiger partial charge in [0.25, 0.3) is 0 Å². The van der Waals surface area contributed by atoms with Gasteiger partial charge in [0, 0.05) is 10.9 Å². The number of rotatable bonds is 2. The smallest absolute Gasteiger partial charge is 0.241 e. The van der Waals surface area contributed by atoms with E-state index in [-0.39, 0.29) is 40.3 Å². The van der Waals surface area contributed by atoms with Crippen LogP contribution in [0.1, 0.15) is 31.2 Å². The summed E-state index contributed by atoms with van der Waals surface area (Å²) in [4.78, 5) is 54.5. The molecule has 3 fully saturated rings. The van der Waals surface area contributed by atoms with Crippen molar-refractivity contribution in [2.45, 2.75) is 25.7 Å². The summed E-state index contributed by atoms with van der Waals surface area (Å²) < 4.78 is 0. The lowest BCUT2D eigenvalue weighted by Gasteiger charge is -2.49. The highest BCUT2D eigenvalue weighted by Gasteiger charge is 2.67. The summed E-state index contributed by atoms with van der Waals surface area (Å²) in [6.45, 7) is 1.80. The van der Waals surface area contributed by atoms with Gasteiger partial charge in [0.15, 0.2) is 0 Å². The van der Waals surface area contributed by atoms with E-state index in [1.54, 1.807) is 37.3 Å². The lowest BCUT2D eigenvalue weighted by atomic mass is 9.51. The Morgan fingerprint density at radius 3 is 2.49 bits per heavy atom. The molecule has 1 saturated carbocycles. The zero-order chi connectivity index (χ0) is 24.6. The summed E-state index contributed by atoms with van der Waals surface area (Å²) >= 11 is 6.62. The maximum atomic E-state index is 14.1. The molecule has 2 heterocycles. The van der Waals surface area contributed by atoms with Gasteiger partial charge in [0.1, 0.15) is 5.75 Å². The molecule has 4 aliphatic rings. The second-order valence-corrected chi connectivity index (χ2v) is 10.5. The van der Waals surface area contributed by atoms with Crippen molar-refractivity contribution in [3.8, 4) is 5.75 Å². The molecule has 0 aromatic heterocycles. The van der Waals surface area contributed by atoms with Crippen molar-refractivity contribution in [2.24, 2.45) is 29.1 Å². The van der Waals surface area contributed by atoms with Gasteiger partial charge in [0.05, 0.1) is 28.9 Å². The first-order valence-electron chi connectivity index (χ1n) is 11.7. The van der Waals surface area contributed by atoms with Crippen LogP contribution in [0.4, 0.5) is 5.69 Å². The lowest BCUT2D eigenvalue weighted by molar-refractivity contribution is -0.131. The van der Waals surface area contributed by atoms with Crippen molar-refractivity contribution < 1.29 is 24.3 Å². The highest BCUT2D eigenvalue weighted by molar-refractivity contribution is 6.32. The Labute approximate surface area is 206 Å². The summed E-state index contributed by atoms with van der Waals surface area (Å²) in [6.07, 6.45) is 2.64. The summed E-state index contributed by atoms with van der Waals surface area (Å²) in [5.41, 5.74) is 0.824. The van der Waals surface area contributed by atoms with Crippen LogP contribution in [0.15, 0.2) is 60.2 Å². The number of anilines is 1. The van der Waals surface area contributed by atoms with Gasteiger partial charge in [-0.2, -0.15) is 0 Å². The van der Waals surface area contributed by atoms with Crippen LogP contribution in [-0.4, -0.2) is 28.7 Å². The largest absolute Gasteiger partial charge is 0.508 e. The molecule has 2 N–H and O–H groups in total. The van der Waals surface area contributed by atoms with E-state index in [1.165, 1.54) is 17.0 Å². The molecular formula is C27H23ClN2O5. The summed E-state index contributed by atoms with van der Waals surface area (Å²) in [5, 5.41) is 12.7. The third-order valence-corrected chi connectivity index (χ3v) is 8.75. The van der Waals surface area contributed by atoms with Gasteiger partial charge >= 0.3 is 0 Å². The van der Waals surface area contributed by atoms with Gasteiger partial charge in [-0.15, -0.1) is 0 Å². The number of hydrogen-bond acceptors (Lipinski definition) is 5. The van der Waals surface area contributed by atoms with Gasteiger partial charge in [-0.05, 0) is 55.5 Å². The Kier molecular flexibility index (Phi) is 4.74. The fourth-order valence-corrected chi connectivity index (χ4v) is 7.13. The van der Waals surface area contributed by atoms with E-state index < -0.39 is 29.1 Å². The molecule has 2 saturated heterocycles. The highest BCUT2D eigenvalue weighted by atomic mass is 35.5. The molecule has 35 heavy (non-hydrogen) atoms. The van der Waals surface area contributed by atoms with E-state index in [4.69, 9.17) is 11.6 Å². The predicted octanol–water partition coefficient (Wildman–Crippen LogP) is 3.56. The molecule has 0 bridgehead atoms. The minimum Gasteiger partial charge on any atom is -0.508 e. The van der Waals surface area contributed by atoms with Crippen LogP contribution in [-0.2, 0) is 19.2 Å². The monoisotopic (exact) mass is 490 g/mol. The van der Waals surface area contributed by atoms with Crippen LogP contribution in [0, 0.1) is 29.1 Å². The molecule has 6 atom stereocenters. The lowest BCUT2D eigenvalue weighted by Crippen LogP contribution is -2.48. The van der Waals surface area contributed by atoms with Crippen LogP contribution in [0.3, 0.4) is 0 Å². The number of hydrogen-bond donors (Lipinski definition) is 2. The molecule has 178 valence electrons. The number of nitrogens with zero attached hydrogens (tertiary/aromatic N) is 1. The number of phenols is 1. The number of phenolic OH excluding ortho intramolecular Hbond substituents is 1. The Morgan fingerprint density at radius 1 is 1.03 bits per heavy atom. The number of halogens is 1. The number of benzene rings is 2.